The van der Waals surface area contributed by atoms with E-state index in [9.17, 15) is 27.9 Å². The minimum Gasteiger partial charge on any atom is -0.480 e. The highest BCUT2D eigenvalue weighted by Gasteiger charge is 2.41. The van der Waals surface area contributed by atoms with Gasteiger partial charge in [0.05, 0.1) is 0 Å². The van der Waals surface area contributed by atoms with E-state index >= 15 is 0 Å². The number of aryl methyl sites for hydroxylation is 1. The maximum atomic E-state index is 12.3. The maximum Gasteiger partial charge on any atom is 0.389 e. The Kier molecular flexibility index (Phi) is 5.51. The lowest BCUT2D eigenvalue weighted by atomic mass is 9.81. The minimum absolute atomic E-state index is 0.148. The summed E-state index contributed by atoms with van der Waals surface area (Å²) >= 11 is 0. The van der Waals surface area contributed by atoms with Crippen LogP contribution in [0.2, 0.25) is 0 Å². The van der Waals surface area contributed by atoms with Crippen LogP contribution in [0.4, 0.5) is 13.2 Å². The van der Waals surface area contributed by atoms with Gasteiger partial charge < -0.3 is 10.4 Å². The molecule has 7 heteroatoms. The lowest BCUT2D eigenvalue weighted by molar-refractivity contribution is -0.146. The van der Waals surface area contributed by atoms with Crippen LogP contribution in [0.25, 0.3) is 0 Å². The second-order valence-electron chi connectivity index (χ2n) is 6.21. The smallest absolute Gasteiger partial charge is 0.389 e. The van der Waals surface area contributed by atoms with Crippen LogP contribution in [-0.4, -0.2) is 28.7 Å². The van der Waals surface area contributed by atoms with Crippen LogP contribution in [0.3, 0.4) is 0 Å². The van der Waals surface area contributed by atoms with Crippen molar-refractivity contribution in [1.29, 1.82) is 0 Å². The van der Waals surface area contributed by atoms with Crippen LogP contribution < -0.4 is 5.32 Å². The predicted molar refractivity (Wildman–Crippen MR) is 81.7 cm³/mol. The SMILES string of the molecule is O=C(NC1(C(=O)O)CCCCC1)c1ccc(CCC(F)(F)F)cc1. The molecule has 0 radical (unpaired) electrons. The van der Waals surface area contributed by atoms with Crippen molar-refractivity contribution < 1.29 is 27.9 Å². The summed E-state index contributed by atoms with van der Waals surface area (Å²) in [6.07, 6.45) is -2.09. The fourth-order valence-corrected chi connectivity index (χ4v) is 2.95. The molecule has 0 bridgehead atoms. The monoisotopic (exact) mass is 343 g/mol. The van der Waals surface area contributed by atoms with Gasteiger partial charge in [-0.15, -0.1) is 0 Å². The lowest BCUT2D eigenvalue weighted by Gasteiger charge is -2.34. The Bertz CT molecular complexity index is 590. The Balaban J connectivity index is 2.02. The molecular formula is C17H20F3NO3. The van der Waals surface area contributed by atoms with Gasteiger partial charge in [-0.05, 0) is 37.0 Å². The van der Waals surface area contributed by atoms with E-state index in [1.165, 1.54) is 24.3 Å². The highest BCUT2D eigenvalue weighted by atomic mass is 19.4. The molecule has 24 heavy (non-hydrogen) atoms. The second-order valence-corrected chi connectivity index (χ2v) is 6.21. The molecule has 1 aliphatic rings. The first kappa shape index (κ1) is 18.3. The highest BCUT2D eigenvalue weighted by Crippen LogP contribution is 2.29. The van der Waals surface area contributed by atoms with Crippen LogP contribution in [0.1, 0.15) is 54.4 Å². The van der Waals surface area contributed by atoms with Crippen molar-refractivity contribution in [2.75, 3.05) is 0 Å². The van der Waals surface area contributed by atoms with E-state index in [2.05, 4.69) is 5.32 Å². The molecule has 1 aliphatic carbocycles. The van der Waals surface area contributed by atoms with E-state index in [0.29, 0.717) is 18.4 Å². The molecule has 0 aromatic heterocycles. The lowest BCUT2D eigenvalue weighted by Crippen LogP contribution is -2.55. The number of hydrogen-bond acceptors (Lipinski definition) is 2. The summed E-state index contributed by atoms with van der Waals surface area (Å²) in [6.45, 7) is 0. The van der Waals surface area contributed by atoms with Crippen LogP contribution in [0, 0.1) is 0 Å². The summed E-state index contributed by atoms with van der Waals surface area (Å²) < 4.78 is 36.6. The number of nitrogens with one attached hydrogen (secondary N) is 1. The van der Waals surface area contributed by atoms with Gasteiger partial charge in [-0.1, -0.05) is 31.4 Å². The first-order valence-corrected chi connectivity index (χ1v) is 7.93. The third-order valence-corrected chi connectivity index (χ3v) is 4.38. The quantitative estimate of drug-likeness (QED) is 0.857. The normalized spacial score (nSPS) is 17.3. The van der Waals surface area contributed by atoms with Crippen molar-refractivity contribution in [1.82, 2.24) is 5.32 Å². The molecule has 1 fully saturated rings. The molecule has 0 atom stereocenters. The third kappa shape index (κ3) is 4.72. The third-order valence-electron chi connectivity index (χ3n) is 4.38. The Morgan fingerprint density at radius 1 is 1.08 bits per heavy atom. The summed E-state index contributed by atoms with van der Waals surface area (Å²) in [5, 5.41) is 12.1. The van der Waals surface area contributed by atoms with Gasteiger partial charge in [0.25, 0.3) is 5.91 Å². The molecule has 0 heterocycles. The highest BCUT2D eigenvalue weighted by molar-refractivity contribution is 5.97. The zero-order valence-electron chi connectivity index (χ0n) is 13.2. The van der Waals surface area contributed by atoms with Gasteiger partial charge in [-0.3, -0.25) is 4.79 Å². The van der Waals surface area contributed by atoms with Crippen molar-refractivity contribution in [2.45, 2.75) is 56.7 Å². The van der Waals surface area contributed by atoms with E-state index in [1.54, 1.807) is 0 Å². The summed E-state index contributed by atoms with van der Waals surface area (Å²) in [4.78, 5) is 23.9. The zero-order valence-corrected chi connectivity index (χ0v) is 13.2. The summed E-state index contributed by atoms with van der Waals surface area (Å²) in [7, 11) is 0. The fourth-order valence-electron chi connectivity index (χ4n) is 2.95. The number of carboxylic acid groups (broad SMARTS) is 1. The predicted octanol–water partition coefficient (Wildman–Crippen LogP) is 3.70. The molecule has 132 valence electrons. The number of rotatable bonds is 5. The van der Waals surface area contributed by atoms with Crippen molar-refractivity contribution in [2.24, 2.45) is 0 Å². The van der Waals surface area contributed by atoms with E-state index in [0.717, 1.165) is 19.3 Å². The van der Waals surface area contributed by atoms with Gasteiger partial charge in [0.2, 0.25) is 0 Å². The van der Waals surface area contributed by atoms with Gasteiger partial charge in [0.1, 0.15) is 5.54 Å². The summed E-state index contributed by atoms with van der Waals surface area (Å²) in [6, 6.07) is 5.79. The Labute approximate surface area is 138 Å². The van der Waals surface area contributed by atoms with Gasteiger partial charge in [0.15, 0.2) is 0 Å². The van der Waals surface area contributed by atoms with Crippen LogP contribution in [-0.2, 0) is 11.2 Å². The van der Waals surface area contributed by atoms with Gasteiger partial charge in [-0.25, -0.2) is 4.79 Å². The van der Waals surface area contributed by atoms with E-state index < -0.39 is 30.0 Å². The molecule has 4 nitrogen and oxygen atoms in total. The second kappa shape index (κ2) is 7.23. The fraction of sp³-hybridized carbons (Fsp3) is 0.529. The van der Waals surface area contributed by atoms with Crippen molar-refractivity contribution >= 4 is 11.9 Å². The van der Waals surface area contributed by atoms with E-state index in [1.807, 2.05) is 0 Å². The van der Waals surface area contributed by atoms with Gasteiger partial charge in [-0.2, -0.15) is 13.2 Å². The molecule has 1 amide bonds. The first-order chi connectivity index (χ1) is 11.2. The van der Waals surface area contributed by atoms with Crippen molar-refractivity contribution in [3.8, 4) is 0 Å². The number of benzene rings is 1. The number of alkyl halides is 3. The van der Waals surface area contributed by atoms with Crippen LogP contribution in [0.15, 0.2) is 24.3 Å². The maximum absolute atomic E-state index is 12.3. The number of amides is 1. The van der Waals surface area contributed by atoms with Crippen molar-refractivity contribution in [3.63, 3.8) is 0 Å². The Hall–Kier alpha value is -2.05. The molecule has 2 rings (SSSR count). The van der Waals surface area contributed by atoms with Crippen LogP contribution in [0.5, 0.6) is 0 Å². The topological polar surface area (TPSA) is 66.4 Å². The Morgan fingerprint density at radius 3 is 2.17 bits per heavy atom. The largest absolute Gasteiger partial charge is 0.480 e. The molecule has 2 N–H and O–H groups in total. The van der Waals surface area contributed by atoms with E-state index in [4.69, 9.17) is 0 Å². The molecular weight excluding hydrogens is 323 g/mol. The standard InChI is InChI=1S/C17H20F3NO3/c18-17(19,20)11-8-12-4-6-13(7-5-12)14(22)21-16(15(23)24)9-2-1-3-10-16/h4-7H,1-3,8-11H2,(H,21,22)(H,23,24). The van der Waals surface area contributed by atoms with Gasteiger partial charge >= 0.3 is 12.1 Å². The van der Waals surface area contributed by atoms with Crippen molar-refractivity contribution in [3.05, 3.63) is 35.4 Å². The molecule has 0 spiro atoms. The number of hydrogen-bond donors (Lipinski definition) is 2. The number of aliphatic carboxylic acids is 1. The average Bonchev–Trinajstić information content (AvgIpc) is 2.53. The average molecular weight is 343 g/mol. The minimum atomic E-state index is -4.22. The van der Waals surface area contributed by atoms with Crippen LogP contribution >= 0.6 is 0 Å². The summed E-state index contributed by atoms with van der Waals surface area (Å²) in [5.41, 5.74) is -0.518. The molecule has 1 saturated carbocycles. The number of carbonyl (C=O) groups excluding carboxylic acids is 1. The molecule has 0 aliphatic heterocycles. The molecule has 0 saturated heterocycles. The first-order valence-electron chi connectivity index (χ1n) is 7.93. The number of carboxylic acids is 1. The zero-order chi connectivity index (χ0) is 17.8. The van der Waals surface area contributed by atoms with E-state index in [-0.39, 0.29) is 12.0 Å². The van der Waals surface area contributed by atoms with Gasteiger partial charge in [0, 0.05) is 12.0 Å². The molecule has 1 aromatic carbocycles. The molecule has 0 unspecified atom stereocenters. The number of carbonyl (C=O) groups is 2. The summed E-state index contributed by atoms with van der Waals surface area (Å²) in [5.74, 6) is -1.56. The Morgan fingerprint density at radius 2 is 1.67 bits per heavy atom. The molecule has 1 aromatic rings. The number of halogens is 3.